The summed E-state index contributed by atoms with van der Waals surface area (Å²) in [7, 11) is 0. The first-order valence-electron chi connectivity index (χ1n) is 7.15. The van der Waals surface area contributed by atoms with E-state index in [0.29, 0.717) is 6.61 Å². The molecule has 0 aliphatic heterocycles. The smallest absolute Gasteiger partial charge is 0.142 e. The van der Waals surface area contributed by atoms with E-state index in [1.807, 2.05) is 18.5 Å². The van der Waals surface area contributed by atoms with Crippen molar-refractivity contribution in [1.82, 2.24) is 15.3 Å². The molecule has 0 saturated carbocycles. The van der Waals surface area contributed by atoms with Gasteiger partial charge >= 0.3 is 0 Å². The lowest BCUT2D eigenvalue weighted by Gasteiger charge is -2.21. The molecule has 2 rings (SSSR count). The summed E-state index contributed by atoms with van der Waals surface area (Å²) in [5.74, 6) is 0.858. The number of aromatic nitrogens is 2. The van der Waals surface area contributed by atoms with Crippen LogP contribution in [0.15, 0.2) is 24.0 Å². The van der Waals surface area contributed by atoms with Gasteiger partial charge in [0.2, 0.25) is 0 Å². The summed E-state index contributed by atoms with van der Waals surface area (Å²) in [5.41, 5.74) is 4.21. The van der Waals surface area contributed by atoms with Crippen LogP contribution < -0.4 is 10.1 Å². The second-order valence-corrected chi connectivity index (χ2v) is 6.99. The summed E-state index contributed by atoms with van der Waals surface area (Å²) in [6.45, 7) is 9.93. The zero-order chi connectivity index (χ0) is 15.3. The van der Waals surface area contributed by atoms with Crippen molar-refractivity contribution in [3.63, 3.8) is 0 Å². The quantitative estimate of drug-likeness (QED) is 0.889. The van der Waals surface area contributed by atoms with E-state index in [2.05, 4.69) is 36.1 Å². The van der Waals surface area contributed by atoms with E-state index in [-0.39, 0.29) is 5.54 Å². The van der Waals surface area contributed by atoms with Crippen molar-refractivity contribution >= 4 is 11.3 Å². The van der Waals surface area contributed by atoms with Crippen LogP contribution in [0.25, 0.3) is 0 Å². The maximum atomic E-state index is 5.91. The van der Waals surface area contributed by atoms with Gasteiger partial charge in [0.1, 0.15) is 5.75 Å². The third-order valence-corrected chi connectivity index (χ3v) is 4.11. The minimum absolute atomic E-state index is 0.0836. The van der Waals surface area contributed by atoms with Crippen LogP contribution in [0.4, 0.5) is 0 Å². The lowest BCUT2D eigenvalue weighted by atomic mass is 10.1. The summed E-state index contributed by atoms with van der Waals surface area (Å²) in [5, 5.41) is 3.48. The number of aryl methyl sites for hydroxylation is 1. The fourth-order valence-corrected chi connectivity index (χ4v) is 2.63. The summed E-state index contributed by atoms with van der Waals surface area (Å²) >= 11 is 1.68. The van der Waals surface area contributed by atoms with Gasteiger partial charge in [-0.05, 0) is 33.8 Å². The van der Waals surface area contributed by atoms with E-state index in [1.54, 1.807) is 23.7 Å². The van der Waals surface area contributed by atoms with Crippen molar-refractivity contribution in [2.24, 2.45) is 0 Å². The SMILES string of the molecule is Cc1ncsc1CCOc1cnccc1CNC(C)(C)C. The molecule has 0 atom stereocenters. The topological polar surface area (TPSA) is 47.0 Å². The Hall–Kier alpha value is -1.46. The zero-order valence-electron chi connectivity index (χ0n) is 13.1. The molecule has 1 N–H and O–H groups in total. The molecule has 0 aliphatic rings. The highest BCUT2D eigenvalue weighted by Crippen LogP contribution is 2.19. The Morgan fingerprint density at radius 3 is 2.81 bits per heavy atom. The van der Waals surface area contributed by atoms with Crippen molar-refractivity contribution in [2.75, 3.05) is 6.61 Å². The minimum atomic E-state index is 0.0836. The summed E-state index contributed by atoms with van der Waals surface area (Å²) in [4.78, 5) is 9.70. The average molecular weight is 305 g/mol. The summed E-state index contributed by atoms with van der Waals surface area (Å²) < 4.78 is 5.91. The van der Waals surface area contributed by atoms with E-state index < -0.39 is 0 Å². The Balaban J connectivity index is 1.92. The van der Waals surface area contributed by atoms with Crippen LogP contribution in [0, 0.1) is 6.92 Å². The molecule has 2 heterocycles. The Kier molecular flexibility index (Phi) is 5.31. The molecule has 4 nitrogen and oxygen atoms in total. The summed E-state index contributed by atoms with van der Waals surface area (Å²) in [6, 6.07) is 2.01. The number of hydrogen-bond acceptors (Lipinski definition) is 5. The standard InChI is InChI=1S/C16H23N3OS/c1-12-15(21-11-18-12)6-8-20-14-10-17-7-5-13(14)9-19-16(2,3)4/h5,7,10-11,19H,6,8-9H2,1-4H3. The van der Waals surface area contributed by atoms with Crippen LogP contribution in [0.5, 0.6) is 5.75 Å². The number of rotatable bonds is 6. The van der Waals surface area contributed by atoms with Crippen LogP contribution in [-0.4, -0.2) is 22.1 Å². The van der Waals surface area contributed by atoms with Gasteiger partial charge in [-0.3, -0.25) is 4.98 Å². The van der Waals surface area contributed by atoms with Gasteiger partial charge < -0.3 is 10.1 Å². The maximum absolute atomic E-state index is 5.91. The molecule has 0 aromatic carbocycles. The van der Waals surface area contributed by atoms with Crippen LogP contribution in [0.3, 0.4) is 0 Å². The van der Waals surface area contributed by atoms with Gasteiger partial charge in [0.15, 0.2) is 0 Å². The second-order valence-electron chi connectivity index (χ2n) is 6.05. The van der Waals surface area contributed by atoms with Crippen LogP contribution >= 0.6 is 11.3 Å². The number of hydrogen-bond donors (Lipinski definition) is 1. The molecule has 0 aliphatic carbocycles. The Morgan fingerprint density at radius 2 is 2.14 bits per heavy atom. The number of thiazole rings is 1. The molecule has 0 radical (unpaired) electrons. The largest absolute Gasteiger partial charge is 0.491 e. The third-order valence-electron chi connectivity index (χ3n) is 3.11. The molecular weight excluding hydrogens is 282 g/mol. The normalized spacial score (nSPS) is 11.6. The molecule has 0 fully saturated rings. The third kappa shape index (κ3) is 5.10. The van der Waals surface area contributed by atoms with Gasteiger partial charge in [0.05, 0.1) is 24.0 Å². The predicted molar refractivity (Wildman–Crippen MR) is 86.9 cm³/mol. The minimum Gasteiger partial charge on any atom is -0.491 e. The van der Waals surface area contributed by atoms with Crippen molar-refractivity contribution in [3.8, 4) is 5.75 Å². The average Bonchev–Trinajstić information content (AvgIpc) is 2.82. The molecule has 2 aromatic rings. The molecule has 21 heavy (non-hydrogen) atoms. The zero-order valence-corrected chi connectivity index (χ0v) is 14.0. The van der Waals surface area contributed by atoms with Crippen molar-refractivity contribution in [3.05, 3.63) is 40.1 Å². The highest BCUT2D eigenvalue weighted by Gasteiger charge is 2.11. The van der Waals surface area contributed by atoms with Gasteiger partial charge in [-0.15, -0.1) is 11.3 Å². The number of ether oxygens (including phenoxy) is 1. The molecule has 5 heteroatoms. The molecule has 0 saturated heterocycles. The van der Waals surface area contributed by atoms with Crippen molar-refractivity contribution in [1.29, 1.82) is 0 Å². The van der Waals surface area contributed by atoms with Gasteiger partial charge in [-0.1, -0.05) is 0 Å². The highest BCUT2D eigenvalue weighted by atomic mass is 32.1. The van der Waals surface area contributed by atoms with Crippen molar-refractivity contribution in [2.45, 2.75) is 46.2 Å². The van der Waals surface area contributed by atoms with Gasteiger partial charge in [-0.2, -0.15) is 0 Å². The second kappa shape index (κ2) is 7.00. The first-order valence-corrected chi connectivity index (χ1v) is 8.03. The first-order chi connectivity index (χ1) is 9.96. The highest BCUT2D eigenvalue weighted by molar-refractivity contribution is 7.09. The van der Waals surface area contributed by atoms with Crippen LogP contribution in [0.2, 0.25) is 0 Å². The van der Waals surface area contributed by atoms with Crippen molar-refractivity contribution < 1.29 is 4.74 Å². The molecule has 0 amide bonds. The monoisotopic (exact) mass is 305 g/mol. The van der Waals surface area contributed by atoms with E-state index in [4.69, 9.17) is 4.74 Å². The number of nitrogens with zero attached hydrogens (tertiary/aromatic N) is 2. The van der Waals surface area contributed by atoms with E-state index in [0.717, 1.165) is 30.0 Å². The Morgan fingerprint density at radius 1 is 1.33 bits per heavy atom. The lowest BCUT2D eigenvalue weighted by molar-refractivity contribution is 0.314. The predicted octanol–water partition coefficient (Wildman–Crippen LogP) is 3.36. The van der Waals surface area contributed by atoms with Gasteiger partial charge in [0.25, 0.3) is 0 Å². The molecular formula is C16H23N3OS. The molecule has 0 spiro atoms. The van der Waals surface area contributed by atoms with E-state index >= 15 is 0 Å². The fraction of sp³-hybridized carbons (Fsp3) is 0.500. The fourth-order valence-electron chi connectivity index (χ4n) is 1.86. The molecule has 0 unspecified atom stereocenters. The maximum Gasteiger partial charge on any atom is 0.142 e. The van der Waals surface area contributed by atoms with E-state index in [9.17, 15) is 0 Å². The molecule has 0 bridgehead atoms. The first kappa shape index (κ1) is 15.9. The van der Waals surface area contributed by atoms with Gasteiger partial charge in [-0.25, -0.2) is 4.98 Å². The number of pyridine rings is 1. The van der Waals surface area contributed by atoms with Gasteiger partial charge in [0, 0.05) is 35.1 Å². The van der Waals surface area contributed by atoms with E-state index in [1.165, 1.54) is 4.88 Å². The Labute approximate surface area is 130 Å². The van der Waals surface area contributed by atoms with Crippen LogP contribution in [0.1, 0.15) is 36.9 Å². The Bertz CT molecular complexity index is 575. The number of nitrogens with one attached hydrogen (secondary N) is 1. The summed E-state index contributed by atoms with van der Waals surface area (Å²) in [6.07, 6.45) is 4.48. The molecule has 114 valence electrons. The lowest BCUT2D eigenvalue weighted by Crippen LogP contribution is -2.35. The molecule has 2 aromatic heterocycles. The van der Waals surface area contributed by atoms with Crippen LogP contribution in [-0.2, 0) is 13.0 Å².